The molecule has 0 fully saturated rings. The van der Waals surface area contributed by atoms with Crippen LogP contribution in [0.1, 0.15) is 48.4 Å². The molecule has 0 heterocycles. The number of halogens is 2. The van der Waals surface area contributed by atoms with Crippen molar-refractivity contribution in [1.82, 2.24) is 5.32 Å². The van der Waals surface area contributed by atoms with Gasteiger partial charge < -0.3 is 19.9 Å². The van der Waals surface area contributed by atoms with Crippen molar-refractivity contribution in [2.45, 2.75) is 44.9 Å². The van der Waals surface area contributed by atoms with E-state index in [2.05, 4.69) is 10.1 Å². The van der Waals surface area contributed by atoms with Gasteiger partial charge in [0.15, 0.2) is 0 Å². The maximum atomic E-state index is 14.3. The number of hydrogen-bond donors (Lipinski definition) is 2. The maximum absolute atomic E-state index is 14.3. The van der Waals surface area contributed by atoms with Crippen LogP contribution in [0.2, 0.25) is 5.02 Å². The SMILES string of the molecule is COC(=O)c1ccc(-c2ccc(CCNC(C(=O)OC(C)(C)C)[C@H](O)c3cccc(Cl)c3)cc2)cc1F. The minimum Gasteiger partial charge on any atom is -0.465 e. The second kappa shape index (κ2) is 12.3. The lowest BCUT2D eigenvalue weighted by Crippen LogP contribution is -2.46. The third-order valence-electron chi connectivity index (χ3n) is 5.61. The fourth-order valence-corrected chi connectivity index (χ4v) is 3.98. The van der Waals surface area contributed by atoms with E-state index in [9.17, 15) is 19.1 Å². The predicted octanol–water partition coefficient (Wildman–Crippen LogP) is 5.51. The summed E-state index contributed by atoms with van der Waals surface area (Å²) in [5, 5.41) is 14.5. The Morgan fingerprint density at radius 1 is 1.03 bits per heavy atom. The smallest absolute Gasteiger partial charge is 0.340 e. The summed E-state index contributed by atoms with van der Waals surface area (Å²) in [5.74, 6) is -1.94. The van der Waals surface area contributed by atoms with E-state index in [4.69, 9.17) is 16.3 Å². The summed E-state index contributed by atoms with van der Waals surface area (Å²) in [6.07, 6.45) is -0.587. The molecule has 0 saturated heterocycles. The molecule has 8 heteroatoms. The molecule has 196 valence electrons. The highest BCUT2D eigenvalue weighted by Gasteiger charge is 2.32. The van der Waals surface area contributed by atoms with Crippen LogP contribution in [0.5, 0.6) is 0 Å². The van der Waals surface area contributed by atoms with Gasteiger partial charge in [0, 0.05) is 11.6 Å². The maximum Gasteiger partial charge on any atom is 0.340 e. The number of aliphatic hydroxyl groups is 1. The van der Waals surface area contributed by atoms with Crippen molar-refractivity contribution in [3.63, 3.8) is 0 Å². The number of carbonyl (C=O) groups excluding carboxylic acids is 2. The molecule has 1 unspecified atom stereocenters. The van der Waals surface area contributed by atoms with E-state index in [0.29, 0.717) is 29.1 Å². The monoisotopic (exact) mass is 527 g/mol. The van der Waals surface area contributed by atoms with Gasteiger partial charge in [0.2, 0.25) is 0 Å². The van der Waals surface area contributed by atoms with E-state index in [1.165, 1.54) is 19.2 Å². The summed E-state index contributed by atoms with van der Waals surface area (Å²) in [6.45, 7) is 5.70. The first-order chi connectivity index (χ1) is 17.5. The molecule has 6 nitrogen and oxygen atoms in total. The van der Waals surface area contributed by atoms with Crippen LogP contribution in [0, 0.1) is 5.82 Å². The minimum atomic E-state index is -1.15. The quantitative estimate of drug-likeness (QED) is 0.357. The third-order valence-corrected chi connectivity index (χ3v) is 5.84. The lowest BCUT2D eigenvalue weighted by atomic mass is 10.00. The molecule has 0 aliphatic rings. The lowest BCUT2D eigenvalue weighted by Gasteiger charge is -2.27. The number of rotatable bonds is 9. The van der Waals surface area contributed by atoms with E-state index in [-0.39, 0.29) is 5.56 Å². The van der Waals surface area contributed by atoms with Gasteiger partial charge in [0.1, 0.15) is 23.6 Å². The van der Waals surface area contributed by atoms with Crippen molar-refractivity contribution in [2.24, 2.45) is 0 Å². The lowest BCUT2D eigenvalue weighted by molar-refractivity contribution is -0.160. The molecule has 3 aromatic rings. The number of benzene rings is 3. The second-order valence-electron chi connectivity index (χ2n) is 9.60. The first-order valence-corrected chi connectivity index (χ1v) is 12.2. The summed E-state index contributed by atoms with van der Waals surface area (Å²) in [5.41, 5.74) is 2.07. The average molecular weight is 528 g/mol. The summed E-state index contributed by atoms with van der Waals surface area (Å²) in [4.78, 5) is 24.5. The zero-order chi connectivity index (χ0) is 27.2. The van der Waals surface area contributed by atoms with Crippen LogP contribution in [-0.4, -0.2) is 42.3 Å². The minimum absolute atomic E-state index is 0.117. The second-order valence-corrected chi connectivity index (χ2v) is 10.0. The first kappa shape index (κ1) is 28.3. The van der Waals surface area contributed by atoms with Gasteiger partial charge in [-0.3, -0.25) is 4.79 Å². The molecule has 3 aromatic carbocycles. The number of carbonyl (C=O) groups is 2. The summed E-state index contributed by atoms with van der Waals surface area (Å²) >= 11 is 6.07. The highest BCUT2D eigenvalue weighted by molar-refractivity contribution is 6.30. The fraction of sp³-hybridized carbons (Fsp3) is 0.310. The van der Waals surface area contributed by atoms with Crippen molar-refractivity contribution in [3.8, 4) is 11.1 Å². The summed E-state index contributed by atoms with van der Waals surface area (Å²) in [7, 11) is 1.21. The van der Waals surface area contributed by atoms with Crippen LogP contribution in [0.3, 0.4) is 0 Å². The Morgan fingerprint density at radius 3 is 2.30 bits per heavy atom. The van der Waals surface area contributed by atoms with Crippen molar-refractivity contribution in [2.75, 3.05) is 13.7 Å². The molecule has 0 aliphatic heterocycles. The van der Waals surface area contributed by atoms with Gasteiger partial charge in [-0.05, 0) is 73.7 Å². The Balaban J connectivity index is 1.68. The van der Waals surface area contributed by atoms with Crippen LogP contribution in [-0.2, 0) is 20.7 Å². The Kier molecular flexibility index (Phi) is 9.43. The standard InChI is InChI=1S/C29H31ClFNO5/c1-29(2,3)37-28(35)25(26(33)21-6-5-7-22(30)16-21)32-15-14-18-8-10-19(11-9-18)20-12-13-23(24(31)17-20)27(34)36-4/h5-13,16-17,25-26,32-33H,14-15H2,1-4H3/t25?,26-/m1/s1. The molecule has 2 atom stereocenters. The molecule has 0 spiro atoms. The van der Waals surface area contributed by atoms with Crippen molar-refractivity contribution in [3.05, 3.63) is 94.3 Å². The molecule has 0 aliphatic carbocycles. The normalized spacial score (nSPS) is 13.1. The van der Waals surface area contributed by atoms with Crippen LogP contribution in [0.15, 0.2) is 66.7 Å². The zero-order valence-corrected chi connectivity index (χ0v) is 22.0. The summed E-state index contributed by atoms with van der Waals surface area (Å²) < 4.78 is 24.4. The largest absolute Gasteiger partial charge is 0.465 e. The number of nitrogens with one attached hydrogen (secondary N) is 1. The van der Waals surface area contributed by atoms with Gasteiger partial charge in [0.25, 0.3) is 0 Å². The van der Waals surface area contributed by atoms with Gasteiger partial charge in [-0.2, -0.15) is 0 Å². The van der Waals surface area contributed by atoms with Crippen LogP contribution < -0.4 is 5.32 Å². The molecule has 0 bridgehead atoms. The molecule has 37 heavy (non-hydrogen) atoms. The van der Waals surface area contributed by atoms with Crippen molar-refractivity contribution < 1.29 is 28.6 Å². The molecular weight excluding hydrogens is 497 g/mol. The first-order valence-electron chi connectivity index (χ1n) is 11.9. The van der Waals surface area contributed by atoms with E-state index in [1.54, 1.807) is 51.1 Å². The third kappa shape index (κ3) is 7.86. The topological polar surface area (TPSA) is 84.9 Å². The summed E-state index contributed by atoms with van der Waals surface area (Å²) in [6, 6.07) is 17.6. The van der Waals surface area contributed by atoms with Gasteiger partial charge in [-0.15, -0.1) is 0 Å². The Morgan fingerprint density at radius 2 is 1.70 bits per heavy atom. The molecule has 2 N–H and O–H groups in total. The highest BCUT2D eigenvalue weighted by atomic mass is 35.5. The van der Waals surface area contributed by atoms with Gasteiger partial charge >= 0.3 is 11.9 Å². The molecule has 0 saturated carbocycles. The van der Waals surface area contributed by atoms with Crippen LogP contribution >= 0.6 is 11.6 Å². The molecule has 0 aromatic heterocycles. The van der Waals surface area contributed by atoms with Crippen molar-refractivity contribution in [1.29, 1.82) is 0 Å². The van der Waals surface area contributed by atoms with Gasteiger partial charge in [-0.1, -0.05) is 54.1 Å². The van der Waals surface area contributed by atoms with E-state index < -0.39 is 35.5 Å². The van der Waals surface area contributed by atoms with Gasteiger partial charge in [-0.25, -0.2) is 9.18 Å². The van der Waals surface area contributed by atoms with E-state index >= 15 is 0 Å². The molecule has 0 amide bonds. The fourth-order valence-electron chi connectivity index (χ4n) is 3.78. The zero-order valence-electron chi connectivity index (χ0n) is 21.3. The molecule has 3 rings (SSSR count). The Hall–Kier alpha value is -3.26. The predicted molar refractivity (Wildman–Crippen MR) is 141 cm³/mol. The number of methoxy groups -OCH3 is 1. The average Bonchev–Trinajstić information content (AvgIpc) is 2.85. The van der Waals surface area contributed by atoms with Crippen LogP contribution in [0.25, 0.3) is 11.1 Å². The number of esters is 2. The Labute approximate surface area is 221 Å². The highest BCUT2D eigenvalue weighted by Crippen LogP contribution is 2.24. The molecular formula is C29H31ClFNO5. The van der Waals surface area contributed by atoms with E-state index in [1.807, 2.05) is 24.3 Å². The number of ether oxygens (including phenoxy) is 2. The van der Waals surface area contributed by atoms with Crippen LogP contribution in [0.4, 0.5) is 4.39 Å². The van der Waals surface area contributed by atoms with Gasteiger partial charge in [0.05, 0.1) is 12.7 Å². The number of hydrogen-bond acceptors (Lipinski definition) is 6. The van der Waals surface area contributed by atoms with E-state index in [0.717, 1.165) is 11.1 Å². The Bertz CT molecular complexity index is 1240. The number of aliphatic hydroxyl groups excluding tert-OH is 1. The van der Waals surface area contributed by atoms with Crippen molar-refractivity contribution >= 4 is 23.5 Å². The molecule has 0 radical (unpaired) electrons.